The highest BCUT2D eigenvalue weighted by molar-refractivity contribution is 7.15. The quantitative estimate of drug-likeness (QED) is 0.519. The van der Waals surface area contributed by atoms with Gasteiger partial charge in [0.05, 0.1) is 12.8 Å². The number of nitrogens with zero attached hydrogens (tertiary/aromatic N) is 2. The van der Waals surface area contributed by atoms with Crippen LogP contribution in [0.3, 0.4) is 0 Å². The van der Waals surface area contributed by atoms with Crippen LogP contribution in [-0.4, -0.2) is 22.5 Å². The highest BCUT2D eigenvalue weighted by Gasteiger charge is 2.08. The lowest BCUT2D eigenvalue weighted by molar-refractivity contribution is -0.139. The number of para-hydroxylation sites is 1. The molecule has 1 aromatic carbocycles. The summed E-state index contributed by atoms with van der Waals surface area (Å²) >= 11 is 1.37. The Morgan fingerprint density at radius 1 is 1.36 bits per heavy atom. The Balaban J connectivity index is 1.68. The van der Waals surface area contributed by atoms with E-state index in [4.69, 9.17) is 9.47 Å². The lowest BCUT2D eigenvalue weighted by atomic mass is 10.2. The SMILES string of the molecule is COc1ccccc1/C=C/C(=O)OCc1cc(=O)n2c(C)csc2n1. The van der Waals surface area contributed by atoms with Crippen molar-refractivity contribution in [2.24, 2.45) is 0 Å². The van der Waals surface area contributed by atoms with Gasteiger partial charge in [0.2, 0.25) is 0 Å². The third-order valence-electron chi connectivity index (χ3n) is 3.53. The highest BCUT2D eigenvalue weighted by atomic mass is 32.1. The van der Waals surface area contributed by atoms with Crippen LogP contribution >= 0.6 is 11.3 Å². The van der Waals surface area contributed by atoms with E-state index in [1.54, 1.807) is 19.3 Å². The molecule has 25 heavy (non-hydrogen) atoms. The number of fused-ring (bicyclic) bond motifs is 1. The van der Waals surface area contributed by atoms with Crippen LogP contribution < -0.4 is 10.3 Å². The third-order valence-corrected chi connectivity index (χ3v) is 4.47. The van der Waals surface area contributed by atoms with Gasteiger partial charge in [0.1, 0.15) is 12.4 Å². The van der Waals surface area contributed by atoms with Crippen molar-refractivity contribution in [3.8, 4) is 5.75 Å². The normalized spacial score (nSPS) is 11.1. The molecule has 0 fully saturated rings. The molecule has 0 amide bonds. The van der Waals surface area contributed by atoms with Gasteiger partial charge in [0.15, 0.2) is 4.96 Å². The minimum atomic E-state index is -0.518. The average molecular weight is 356 g/mol. The molecule has 0 bridgehead atoms. The summed E-state index contributed by atoms with van der Waals surface area (Å²) in [5, 5.41) is 1.86. The predicted molar refractivity (Wildman–Crippen MR) is 95.9 cm³/mol. The number of aromatic nitrogens is 2. The molecule has 2 aromatic heterocycles. The molecule has 0 aliphatic heterocycles. The number of carbonyl (C=O) groups excluding carboxylic acids is 1. The smallest absolute Gasteiger partial charge is 0.331 e. The minimum absolute atomic E-state index is 0.0578. The Morgan fingerprint density at radius 2 is 2.16 bits per heavy atom. The average Bonchev–Trinajstić information content (AvgIpc) is 2.99. The van der Waals surface area contributed by atoms with E-state index < -0.39 is 5.97 Å². The van der Waals surface area contributed by atoms with Crippen LogP contribution in [0.2, 0.25) is 0 Å². The summed E-state index contributed by atoms with van der Waals surface area (Å²) < 4.78 is 11.9. The second-order valence-corrected chi connectivity index (χ2v) is 6.10. The van der Waals surface area contributed by atoms with E-state index in [1.807, 2.05) is 30.5 Å². The molecule has 3 rings (SSSR count). The number of carbonyl (C=O) groups is 1. The number of benzene rings is 1. The Morgan fingerprint density at radius 3 is 2.96 bits per heavy atom. The van der Waals surface area contributed by atoms with E-state index in [9.17, 15) is 9.59 Å². The lowest BCUT2D eigenvalue weighted by Gasteiger charge is -2.04. The Labute approximate surface area is 148 Å². The number of hydrogen-bond donors (Lipinski definition) is 0. The van der Waals surface area contributed by atoms with E-state index in [2.05, 4.69) is 4.98 Å². The third kappa shape index (κ3) is 3.77. The molecule has 0 aliphatic carbocycles. The molecule has 0 saturated heterocycles. The van der Waals surface area contributed by atoms with Gasteiger partial charge in [-0.05, 0) is 19.1 Å². The largest absolute Gasteiger partial charge is 0.496 e. The highest BCUT2D eigenvalue weighted by Crippen LogP contribution is 2.18. The van der Waals surface area contributed by atoms with E-state index in [-0.39, 0.29) is 12.2 Å². The zero-order valence-electron chi connectivity index (χ0n) is 13.8. The predicted octanol–water partition coefficient (Wildman–Crippen LogP) is 2.83. The molecule has 0 aliphatic rings. The first-order valence-corrected chi connectivity index (χ1v) is 8.41. The summed E-state index contributed by atoms with van der Waals surface area (Å²) in [5.41, 5.74) is 1.85. The molecular weight excluding hydrogens is 340 g/mol. The van der Waals surface area contributed by atoms with Gasteiger partial charge in [-0.25, -0.2) is 9.78 Å². The maximum atomic E-state index is 12.1. The number of esters is 1. The van der Waals surface area contributed by atoms with Gasteiger partial charge in [-0.1, -0.05) is 18.2 Å². The van der Waals surface area contributed by atoms with E-state index in [0.29, 0.717) is 16.4 Å². The topological polar surface area (TPSA) is 69.9 Å². The number of thiazole rings is 1. The van der Waals surface area contributed by atoms with Gasteiger partial charge in [0.25, 0.3) is 5.56 Å². The Hall–Kier alpha value is -2.93. The summed E-state index contributed by atoms with van der Waals surface area (Å²) in [6.07, 6.45) is 2.94. The van der Waals surface area contributed by atoms with Crippen molar-refractivity contribution in [1.29, 1.82) is 0 Å². The van der Waals surface area contributed by atoms with E-state index in [0.717, 1.165) is 11.3 Å². The lowest BCUT2D eigenvalue weighted by Crippen LogP contribution is -2.16. The number of rotatable bonds is 5. The second-order valence-electron chi connectivity index (χ2n) is 5.26. The first-order valence-electron chi connectivity index (χ1n) is 7.53. The van der Waals surface area contributed by atoms with E-state index >= 15 is 0 Å². The van der Waals surface area contributed by atoms with Gasteiger partial charge in [-0.3, -0.25) is 9.20 Å². The Bertz CT molecular complexity index is 1000. The molecule has 3 aromatic rings. The fourth-order valence-electron chi connectivity index (χ4n) is 2.33. The zero-order chi connectivity index (χ0) is 17.8. The summed E-state index contributed by atoms with van der Waals surface area (Å²) in [4.78, 5) is 28.9. The summed E-state index contributed by atoms with van der Waals surface area (Å²) in [6.45, 7) is 1.78. The van der Waals surface area contributed by atoms with Gasteiger partial charge >= 0.3 is 5.97 Å². The van der Waals surface area contributed by atoms with Crippen LogP contribution in [0.4, 0.5) is 0 Å². The number of hydrogen-bond acceptors (Lipinski definition) is 6. The molecule has 7 heteroatoms. The maximum absolute atomic E-state index is 12.1. The number of methoxy groups -OCH3 is 1. The molecule has 6 nitrogen and oxygen atoms in total. The fourth-order valence-corrected chi connectivity index (χ4v) is 3.22. The number of ether oxygens (including phenoxy) is 2. The first-order chi connectivity index (χ1) is 12.1. The monoisotopic (exact) mass is 356 g/mol. The number of aryl methyl sites for hydroxylation is 1. The van der Waals surface area contributed by atoms with Crippen LogP contribution in [0.5, 0.6) is 5.75 Å². The molecule has 0 unspecified atom stereocenters. The molecule has 0 spiro atoms. The van der Waals surface area contributed by atoms with Crippen molar-refractivity contribution in [3.63, 3.8) is 0 Å². The van der Waals surface area contributed by atoms with Crippen LogP contribution in [0, 0.1) is 6.92 Å². The first kappa shape index (κ1) is 16.9. The maximum Gasteiger partial charge on any atom is 0.331 e. The van der Waals surface area contributed by atoms with Crippen LogP contribution in [-0.2, 0) is 16.1 Å². The van der Waals surface area contributed by atoms with Crippen LogP contribution in [0.15, 0.2) is 46.6 Å². The van der Waals surface area contributed by atoms with Crippen molar-refractivity contribution in [1.82, 2.24) is 9.38 Å². The fraction of sp³-hybridized carbons (Fsp3) is 0.167. The van der Waals surface area contributed by atoms with Crippen LogP contribution in [0.1, 0.15) is 17.0 Å². The molecule has 0 saturated carbocycles. The van der Waals surface area contributed by atoms with Crippen molar-refractivity contribution in [2.75, 3.05) is 7.11 Å². The summed E-state index contributed by atoms with van der Waals surface area (Å²) in [5.74, 6) is 0.148. The molecule has 2 heterocycles. The summed E-state index contributed by atoms with van der Waals surface area (Å²) in [6, 6.07) is 8.72. The Kier molecular flexibility index (Phi) is 4.95. The molecule has 128 valence electrons. The van der Waals surface area contributed by atoms with Gasteiger partial charge in [0, 0.05) is 28.8 Å². The molecule has 0 N–H and O–H groups in total. The minimum Gasteiger partial charge on any atom is -0.496 e. The van der Waals surface area contributed by atoms with Crippen molar-refractivity contribution >= 4 is 28.3 Å². The molecular formula is C18H16N2O4S. The van der Waals surface area contributed by atoms with Gasteiger partial charge in [-0.2, -0.15) is 0 Å². The molecule has 0 radical (unpaired) electrons. The summed E-state index contributed by atoms with van der Waals surface area (Å²) in [7, 11) is 1.57. The van der Waals surface area contributed by atoms with Gasteiger partial charge in [-0.15, -0.1) is 11.3 Å². The zero-order valence-corrected chi connectivity index (χ0v) is 14.6. The standard InChI is InChI=1S/C18H16N2O4S/c1-12-11-25-18-19-14(9-16(21)20(12)18)10-24-17(22)8-7-13-5-3-4-6-15(13)23-2/h3-9,11H,10H2,1-2H3/b8-7+. The van der Waals surface area contributed by atoms with Gasteiger partial charge < -0.3 is 9.47 Å². The van der Waals surface area contributed by atoms with Crippen molar-refractivity contribution in [3.05, 3.63) is 69.1 Å². The van der Waals surface area contributed by atoms with Crippen molar-refractivity contribution < 1.29 is 14.3 Å². The molecule has 0 atom stereocenters. The van der Waals surface area contributed by atoms with Crippen molar-refractivity contribution in [2.45, 2.75) is 13.5 Å². The van der Waals surface area contributed by atoms with E-state index in [1.165, 1.54) is 27.9 Å². The van der Waals surface area contributed by atoms with Crippen LogP contribution in [0.25, 0.3) is 11.0 Å². The second kappa shape index (κ2) is 7.31.